The Labute approximate surface area is 108 Å². The minimum absolute atomic E-state index is 0.0227. The molecule has 102 valence electrons. The van der Waals surface area contributed by atoms with Crippen LogP contribution in [0.4, 0.5) is 18.9 Å². The molecule has 0 spiro atoms. The van der Waals surface area contributed by atoms with Crippen molar-refractivity contribution in [3.63, 3.8) is 0 Å². The van der Waals surface area contributed by atoms with Crippen molar-refractivity contribution in [2.75, 3.05) is 5.73 Å². The topological polar surface area (TPSA) is 43.8 Å². The summed E-state index contributed by atoms with van der Waals surface area (Å²) in [5.41, 5.74) is 8.10. The zero-order valence-electron chi connectivity index (χ0n) is 10.2. The summed E-state index contributed by atoms with van der Waals surface area (Å²) < 4.78 is 37.6. The normalized spacial score (nSPS) is 11.7. The molecule has 1 heterocycles. The maximum Gasteiger partial charge on any atom is 0.389 e. The molecule has 19 heavy (non-hydrogen) atoms. The van der Waals surface area contributed by atoms with Crippen LogP contribution in [0.1, 0.15) is 12.8 Å². The molecule has 0 radical (unpaired) electrons. The molecule has 0 aliphatic rings. The minimum atomic E-state index is -4.11. The third-order valence-electron chi connectivity index (χ3n) is 2.75. The van der Waals surface area contributed by atoms with Gasteiger partial charge in [0.15, 0.2) is 0 Å². The van der Waals surface area contributed by atoms with E-state index in [1.165, 1.54) is 4.68 Å². The van der Waals surface area contributed by atoms with Crippen molar-refractivity contribution in [1.82, 2.24) is 9.78 Å². The lowest BCUT2D eigenvalue weighted by Crippen LogP contribution is -2.09. The van der Waals surface area contributed by atoms with Gasteiger partial charge < -0.3 is 5.73 Å². The SMILES string of the molecule is Nc1ccccc1-c1cnn(CCCC(F)(F)F)c1. The number of halogens is 3. The van der Waals surface area contributed by atoms with Crippen molar-refractivity contribution >= 4 is 5.69 Å². The average molecular weight is 269 g/mol. The molecule has 0 fully saturated rings. The van der Waals surface area contributed by atoms with Gasteiger partial charge >= 0.3 is 6.18 Å². The third-order valence-corrected chi connectivity index (χ3v) is 2.75. The van der Waals surface area contributed by atoms with Crippen molar-refractivity contribution in [2.24, 2.45) is 0 Å². The number of nitrogen functional groups attached to an aromatic ring is 1. The second-order valence-corrected chi connectivity index (χ2v) is 4.30. The standard InChI is InChI=1S/C13H14F3N3/c14-13(15,16)6-3-7-19-9-10(8-18-19)11-4-1-2-5-12(11)17/h1-2,4-5,8-9H,3,6-7,17H2. The molecule has 0 aliphatic heterocycles. The number of nitrogens with two attached hydrogens (primary N) is 1. The highest BCUT2D eigenvalue weighted by Crippen LogP contribution is 2.25. The molecule has 2 aromatic rings. The predicted octanol–water partition coefficient (Wildman–Crippen LogP) is 3.47. The number of aryl methyl sites for hydroxylation is 1. The van der Waals surface area contributed by atoms with E-state index in [1.807, 2.05) is 18.2 Å². The molecular formula is C13H14F3N3. The van der Waals surface area contributed by atoms with E-state index in [9.17, 15) is 13.2 Å². The van der Waals surface area contributed by atoms with E-state index < -0.39 is 12.6 Å². The maximum absolute atomic E-state index is 12.0. The molecule has 1 aromatic carbocycles. The third kappa shape index (κ3) is 3.74. The van der Waals surface area contributed by atoms with Crippen LogP contribution < -0.4 is 5.73 Å². The maximum atomic E-state index is 12.0. The zero-order chi connectivity index (χ0) is 13.9. The fraction of sp³-hybridized carbons (Fsp3) is 0.308. The predicted molar refractivity (Wildman–Crippen MR) is 67.4 cm³/mol. The molecule has 0 saturated carbocycles. The molecule has 1 aromatic heterocycles. The first kappa shape index (κ1) is 13.5. The van der Waals surface area contributed by atoms with Crippen LogP contribution in [0.2, 0.25) is 0 Å². The molecule has 0 amide bonds. The van der Waals surface area contributed by atoms with E-state index in [4.69, 9.17) is 5.73 Å². The fourth-order valence-electron chi connectivity index (χ4n) is 1.83. The van der Waals surface area contributed by atoms with Crippen LogP contribution in [-0.2, 0) is 6.54 Å². The Morgan fingerprint density at radius 3 is 2.63 bits per heavy atom. The Balaban J connectivity index is 2.02. The van der Waals surface area contributed by atoms with Crippen LogP contribution in [0.25, 0.3) is 11.1 Å². The monoisotopic (exact) mass is 269 g/mol. The summed E-state index contributed by atoms with van der Waals surface area (Å²) in [6.07, 6.45) is -1.56. The van der Waals surface area contributed by atoms with Crippen LogP contribution in [0.5, 0.6) is 0 Å². The molecule has 2 N–H and O–H groups in total. The molecule has 0 saturated heterocycles. The Hall–Kier alpha value is -1.98. The highest BCUT2D eigenvalue weighted by atomic mass is 19.4. The van der Waals surface area contributed by atoms with E-state index in [0.717, 1.165) is 11.1 Å². The number of hydrogen-bond donors (Lipinski definition) is 1. The van der Waals surface area contributed by atoms with Crippen molar-refractivity contribution in [1.29, 1.82) is 0 Å². The molecule has 2 rings (SSSR count). The van der Waals surface area contributed by atoms with Gasteiger partial charge in [0.1, 0.15) is 0 Å². The average Bonchev–Trinajstić information content (AvgIpc) is 2.76. The summed E-state index contributed by atoms with van der Waals surface area (Å²) in [7, 11) is 0. The first-order valence-corrected chi connectivity index (χ1v) is 5.90. The first-order chi connectivity index (χ1) is 8.96. The van der Waals surface area contributed by atoms with Gasteiger partial charge in [0.2, 0.25) is 0 Å². The van der Waals surface area contributed by atoms with Gasteiger partial charge in [-0.1, -0.05) is 18.2 Å². The van der Waals surface area contributed by atoms with Crippen LogP contribution >= 0.6 is 0 Å². The number of nitrogens with zero attached hydrogens (tertiary/aromatic N) is 2. The number of benzene rings is 1. The number of para-hydroxylation sites is 1. The van der Waals surface area contributed by atoms with Gasteiger partial charge in [0.25, 0.3) is 0 Å². The van der Waals surface area contributed by atoms with Crippen LogP contribution in [-0.4, -0.2) is 16.0 Å². The van der Waals surface area contributed by atoms with Crippen LogP contribution in [0.15, 0.2) is 36.7 Å². The molecule has 0 aliphatic carbocycles. The van der Waals surface area contributed by atoms with Crippen LogP contribution in [0.3, 0.4) is 0 Å². The second-order valence-electron chi connectivity index (χ2n) is 4.30. The number of alkyl halides is 3. The van der Waals surface area contributed by atoms with E-state index in [-0.39, 0.29) is 13.0 Å². The van der Waals surface area contributed by atoms with Gasteiger partial charge in [-0.05, 0) is 12.5 Å². The molecule has 6 heteroatoms. The van der Waals surface area contributed by atoms with Crippen molar-refractivity contribution in [2.45, 2.75) is 25.6 Å². The highest BCUT2D eigenvalue weighted by Gasteiger charge is 2.26. The molecule has 3 nitrogen and oxygen atoms in total. The lowest BCUT2D eigenvalue weighted by atomic mass is 10.1. The Bertz CT molecular complexity index is 546. The fourth-order valence-corrected chi connectivity index (χ4v) is 1.83. The van der Waals surface area contributed by atoms with Gasteiger partial charge in [0.05, 0.1) is 6.20 Å². The Morgan fingerprint density at radius 2 is 1.95 bits per heavy atom. The summed E-state index contributed by atoms with van der Waals surface area (Å²) in [6, 6.07) is 7.31. The minimum Gasteiger partial charge on any atom is -0.398 e. The Morgan fingerprint density at radius 1 is 1.21 bits per heavy atom. The van der Waals surface area contributed by atoms with Gasteiger partial charge in [-0.3, -0.25) is 4.68 Å². The summed E-state index contributed by atoms with van der Waals surface area (Å²) in [5, 5.41) is 4.05. The van der Waals surface area contributed by atoms with Crippen molar-refractivity contribution < 1.29 is 13.2 Å². The van der Waals surface area contributed by atoms with E-state index in [1.54, 1.807) is 18.5 Å². The van der Waals surface area contributed by atoms with Gasteiger partial charge in [-0.15, -0.1) is 0 Å². The summed E-state index contributed by atoms with van der Waals surface area (Å²) in [5.74, 6) is 0. The first-order valence-electron chi connectivity index (χ1n) is 5.90. The molecular weight excluding hydrogens is 255 g/mol. The molecule has 0 unspecified atom stereocenters. The summed E-state index contributed by atoms with van der Waals surface area (Å²) in [4.78, 5) is 0. The van der Waals surface area contributed by atoms with E-state index >= 15 is 0 Å². The van der Waals surface area contributed by atoms with Gasteiger partial charge in [-0.2, -0.15) is 18.3 Å². The Kier molecular flexibility index (Phi) is 3.78. The number of rotatable bonds is 4. The quantitative estimate of drug-likeness (QED) is 0.864. The lowest BCUT2D eigenvalue weighted by Gasteiger charge is -2.05. The van der Waals surface area contributed by atoms with Gasteiger partial charge in [0, 0.05) is 36.0 Å². The second kappa shape index (κ2) is 5.34. The molecule has 0 atom stereocenters. The van der Waals surface area contributed by atoms with Crippen LogP contribution in [0, 0.1) is 0 Å². The van der Waals surface area contributed by atoms with E-state index in [0.29, 0.717) is 5.69 Å². The van der Waals surface area contributed by atoms with Crippen molar-refractivity contribution in [3.05, 3.63) is 36.7 Å². The largest absolute Gasteiger partial charge is 0.398 e. The number of hydrogen-bond acceptors (Lipinski definition) is 2. The van der Waals surface area contributed by atoms with Gasteiger partial charge in [-0.25, -0.2) is 0 Å². The lowest BCUT2D eigenvalue weighted by molar-refractivity contribution is -0.136. The van der Waals surface area contributed by atoms with E-state index in [2.05, 4.69) is 5.10 Å². The zero-order valence-corrected chi connectivity index (χ0v) is 10.2. The smallest absolute Gasteiger partial charge is 0.389 e. The number of anilines is 1. The van der Waals surface area contributed by atoms with Crippen molar-refractivity contribution in [3.8, 4) is 11.1 Å². The summed E-state index contributed by atoms with van der Waals surface area (Å²) in [6.45, 7) is 0.242. The highest BCUT2D eigenvalue weighted by molar-refractivity contribution is 5.75. The summed E-state index contributed by atoms with van der Waals surface area (Å²) >= 11 is 0. The number of aromatic nitrogens is 2. The molecule has 0 bridgehead atoms.